The van der Waals surface area contributed by atoms with E-state index in [0.717, 1.165) is 25.1 Å². The highest BCUT2D eigenvalue weighted by Gasteiger charge is 2.12. The molecule has 6 heteroatoms. The van der Waals surface area contributed by atoms with Crippen LogP contribution in [-0.2, 0) is 16.4 Å². The molecule has 0 aliphatic carbocycles. The molecular formula is C14H21ClN2O2S. The molecule has 0 bridgehead atoms. The Hall–Kier alpha value is -0.880. The fraction of sp³-hybridized carbons (Fsp3) is 0.429. The van der Waals surface area contributed by atoms with Gasteiger partial charge in [-0.15, -0.1) is 11.6 Å². The van der Waals surface area contributed by atoms with E-state index < -0.39 is 10.0 Å². The Morgan fingerprint density at radius 3 is 2.50 bits per heavy atom. The van der Waals surface area contributed by atoms with E-state index in [2.05, 4.69) is 16.1 Å². The van der Waals surface area contributed by atoms with Crippen molar-refractivity contribution in [2.75, 3.05) is 25.5 Å². The minimum Gasteiger partial charge on any atom is -0.313 e. The Balaban J connectivity index is 2.51. The number of halogens is 1. The van der Waals surface area contributed by atoms with E-state index in [4.69, 9.17) is 11.6 Å². The number of hydrogen-bond acceptors (Lipinski definition) is 3. The molecule has 4 nitrogen and oxygen atoms in total. The maximum Gasteiger partial charge on any atom is 0.240 e. The van der Waals surface area contributed by atoms with Gasteiger partial charge in [-0.05, 0) is 37.6 Å². The molecule has 20 heavy (non-hydrogen) atoms. The fourth-order valence-electron chi connectivity index (χ4n) is 1.63. The Kier molecular flexibility index (Phi) is 7.84. The van der Waals surface area contributed by atoms with Gasteiger partial charge in [0.25, 0.3) is 0 Å². The molecule has 0 amide bonds. The monoisotopic (exact) mass is 316 g/mol. The number of rotatable bonds is 9. The predicted molar refractivity (Wildman–Crippen MR) is 83.7 cm³/mol. The van der Waals surface area contributed by atoms with Crippen LogP contribution in [-0.4, -0.2) is 33.9 Å². The Morgan fingerprint density at radius 1 is 1.20 bits per heavy atom. The third kappa shape index (κ3) is 6.05. The standard InChI is InChI=1S/C14H21ClN2O2S/c1-2-3-10-16-11-8-13-4-6-14(7-5-13)20(18,19)17-12-9-15/h2-7,16-17H,8-12H2,1H3/b3-2+. The molecule has 0 unspecified atom stereocenters. The van der Waals surface area contributed by atoms with Gasteiger partial charge in [0.15, 0.2) is 0 Å². The molecule has 0 heterocycles. The van der Waals surface area contributed by atoms with Gasteiger partial charge in [0.05, 0.1) is 4.90 Å². The molecular weight excluding hydrogens is 296 g/mol. The molecule has 0 radical (unpaired) electrons. The van der Waals surface area contributed by atoms with Crippen LogP contribution < -0.4 is 10.0 Å². The summed E-state index contributed by atoms with van der Waals surface area (Å²) in [6.07, 6.45) is 4.92. The van der Waals surface area contributed by atoms with Crippen molar-refractivity contribution in [3.05, 3.63) is 42.0 Å². The quantitative estimate of drug-likeness (QED) is 0.416. The van der Waals surface area contributed by atoms with Crippen LogP contribution in [0.2, 0.25) is 0 Å². The molecule has 1 rings (SSSR count). The lowest BCUT2D eigenvalue weighted by molar-refractivity contribution is 0.584. The first-order valence-corrected chi connectivity index (χ1v) is 8.58. The van der Waals surface area contributed by atoms with Crippen LogP contribution in [0.5, 0.6) is 0 Å². The van der Waals surface area contributed by atoms with Gasteiger partial charge in [-0.25, -0.2) is 13.1 Å². The Morgan fingerprint density at radius 2 is 1.90 bits per heavy atom. The van der Waals surface area contributed by atoms with E-state index >= 15 is 0 Å². The topological polar surface area (TPSA) is 58.2 Å². The van der Waals surface area contributed by atoms with Crippen LogP contribution in [0.1, 0.15) is 12.5 Å². The van der Waals surface area contributed by atoms with Crippen molar-refractivity contribution in [1.29, 1.82) is 0 Å². The molecule has 0 atom stereocenters. The number of allylic oxidation sites excluding steroid dienone is 1. The summed E-state index contributed by atoms with van der Waals surface area (Å²) in [6.45, 7) is 3.94. The first-order chi connectivity index (χ1) is 9.60. The van der Waals surface area contributed by atoms with Gasteiger partial charge in [0.2, 0.25) is 10.0 Å². The van der Waals surface area contributed by atoms with Crippen molar-refractivity contribution >= 4 is 21.6 Å². The number of benzene rings is 1. The highest BCUT2D eigenvalue weighted by Crippen LogP contribution is 2.10. The van der Waals surface area contributed by atoms with Crippen molar-refractivity contribution < 1.29 is 8.42 Å². The zero-order chi connectivity index (χ0) is 14.8. The van der Waals surface area contributed by atoms with Gasteiger partial charge in [0, 0.05) is 19.0 Å². The normalized spacial score (nSPS) is 12.1. The summed E-state index contributed by atoms with van der Waals surface area (Å²) >= 11 is 5.47. The molecule has 0 spiro atoms. The second-order valence-electron chi connectivity index (χ2n) is 4.25. The lowest BCUT2D eigenvalue weighted by Crippen LogP contribution is -2.25. The number of hydrogen-bond donors (Lipinski definition) is 2. The molecule has 0 aromatic heterocycles. The predicted octanol–water partition coefficient (Wildman–Crippen LogP) is 1.91. The van der Waals surface area contributed by atoms with Crippen LogP contribution in [0.15, 0.2) is 41.3 Å². The average Bonchev–Trinajstić information content (AvgIpc) is 2.45. The molecule has 0 aliphatic rings. The second kappa shape index (κ2) is 9.13. The minimum absolute atomic E-state index is 0.237. The zero-order valence-electron chi connectivity index (χ0n) is 11.6. The van der Waals surface area contributed by atoms with Gasteiger partial charge < -0.3 is 5.32 Å². The van der Waals surface area contributed by atoms with Crippen LogP contribution in [0.25, 0.3) is 0 Å². The maximum absolute atomic E-state index is 11.8. The molecule has 0 aliphatic heterocycles. The Bertz CT molecular complexity index is 512. The fourth-order valence-corrected chi connectivity index (χ4v) is 2.87. The van der Waals surface area contributed by atoms with Crippen molar-refractivity contribution in [1.82, 2.24) is 10.0 Å². The van der Waals surface area contributed by atoms with E-state index in [1.54, 1.807) is 12.1 Å². The smallest absolute Gasteiger partial charge is 0.240 e. The van der Waals surface area contributed by atoms with E-state index in [1.165, 1.54) is 0 Å². The molecule has 112 valence electrons. The van der Waals surface area contributed by atoms with Gasteiger partial charge in [-0.3, -0.25) is 0 Å². The summed E-state index contributed by atoms with van der Waals surface area (Å²) in [5, 5.41) is 3.28. The average molecular weight is 317 g/mol. The zero-order valence-corrected chi connectivity index (χ0v) is 13.2. The molecule has 0 saturated carbocycles. The lowest BCUT2D eigenvalue weighted by Gasteiger charge is -2.07. The first kappa shape index (κ1) is 17.2. The van der Waals surface area contributed by atoms with Crippen LogP contribution in [0.4, 0.5) is 0 Å². The van der Waals surface area contributed by atoms with E-state index in [-0.39, 0.29) is 17.3 Å². The van der Waals surface area contributed by atoms with E-state index in [1.807, 2.05) is 25.1 Å². The van der Waals surface area contributed by atoms with Crippen LogP contribution in [0, 0.1) is 0 Å². The SMILES string of the molecule is C/C=C/CNCCc1ccc(S(=O)(=O)NCCCl)cc1. The highest BCUT2D eigenvalue weighted by atomic mass is 35.5. The molecule has 0 fully saturated rings. The van der Waals surface area contributed by atoms with Crippen molar-refractivity contribution in [3.63, 3.8) is 0 Å². The first-order valence-electron chi connectivity index (χ1n) is 6.56. The third-order valence-corrected chi connectivity index (χ3v) is 4.37. The highest BCUT2D eigenvalue weighted by molar-refractivity contribution is 7.89. The number of sulfonamides is 1. The molecule has 1 aromatic rings. The third-order valence-electron chi connectivity index (χ3n) is 2.71. The van der Waals surface area contributed by atoms with E-state index in [0.29, 0.717) is 0 Å². The van der Waals surface area contributed by atoms with Gasteiger partial charge in [-0.2, -0.15) is 0 Å². The van der Waals surface area contributed by atoms with Gasteiger partial charge in [-0.1, -0.05) is 24.3 Å². The van der Waals surface area contributed by atoms with Crippen molar-refractivity contribution in [2.24, 2.45) is 0 Å². The summed E-state index contributed by atoms with van der Waals surface area (Å²) in [5.74, 6) is 0.259. The second-order valence-corrected chi connectivity index (χ2v) is 6.40. The summed E-state index contributed by atoms with van der Waals surface area (Å²) in [6, 6.07) is 6.93. The summed E-state index contributed by atoms with van der Waals surface area (Å²) in [5.41, 5.74) is 1.11. The van der Waals surface area contributed by atoms with Crippen LogP contribution >= 0.6 is 11.6 Å². The molecule has 2 N–H and O–H groups in total. The lowest BCUT2D eigenvalue weighted by atomic mass is 10.1. The van der Waals surface area contributed by atoms with Gasteiger partial charge >= 0.3 is 0 Å². The van der Waals surface area contributed by atoms with Gasteiger partial charge in [0.1, 0.15) is 0 Å². The molecule has 1 aromatic carbocycles. The summed E-state index contributed by atoms with van der Waals surface area (Å²) < 4.78 is 26.1. The summed E-state index contributed by atoms with van der Waals surface area (Å²) in [4.78, 5) is 0.272. The van der Waals surface area contributed by atoms with Crippen LogP contribution in [0.3, 0.4) is 0 Å². The van der Waals surface area contributed by atoms with E-state index in [9.17, 15) is 8.42 Å². The minimum atomic E-state index is -3.43. The molecule has 0 saturated heterocycles. The largest absolute Gasteiger partial charge is 0.313 e. The van der Waals surface area contributed by atoms with Crippen molar-refractivity contribution in [3.8, 4) is 0 Å². The van der Waals surface area contributed by atoms with Crippen molar-refractivity contribution in [2.45, 2.75) is 18.2 Å². The number of nitrogens with one attached hydrogen (secondary N) is 2. The maximum atomic E-state index is 11.8. The number of alkyl halides is 1. The Labute approximate surface area is 126 Å². The summed E-state index contributed by atoms with van der Waals surface area (Å²) in [7, 11) is -3.43.